The Morgan fingerprint density at radius 3 is 2.91 bits per heavy atom. The second-order valence-corrected chi connectivity index (χ2v) is 6.62. The fraction of sp³-hybridized carbons (Fsp3) is 0.562. The fourth-order valence-corrected chi connectivity index (χ4v) is 2.73. The van der Waals surface area contributed by atoms with Crippen LogP contribution in [0.4, 0.5) is 4.39 Å². The molecule has 7 heteroatoms. The van der Waals surface area contributed by atoms with Crippen molar-refractivity contribution < 1.29 is 19.0 Å². The zero-order valence-corrected chi connectivity index (χ0v) is 14.1. The average Bonchev–Trinajstić information content (AvgIpc) is 2.63. The number of ether oxygens (including phenoxy) is 1. The van der Waals surface area contributed by atoms with Crippen LogP contribution in [0.15, 0.2) is 18.2 Å². The number of rotatable bonds is 4. The summed E-state index contributed by atoms with van der Waals surface area (Å²) in [5.41, 5.74) is -0.779. The Kier molecular flexibility index (Phi) is 5.97. The van der Waals surface area contributed by atoms with Crippen LogP contribution in [0.1, 0.15) is 12.0 Å². The zero-order chi connectivity index (χ0) is 17.0. The summed E-state index contributed by atoms with van der Waals surface area (Å²) in [4.78, 5) is 15.2. The second kappa shape index (κ2) is 7.57. The van der Waals surface area contributed by atoms with E-state index in [0.717, 1.165) is 0 Å². The number of hydrogen-bond donors (Lipinski definition) is 1. The first-order chi connectivity index (χ1) is 10.8. The van der Waals surface area contributed by atoms with Gasteiger partial charge in [-0.25, -0.2) is 4.39 Å². The van der Waals surface area contributed by atoms with Crippen molar-refractivity contribution in [1.82, 2.24) is 9.80 Å². The van der Waals surface area contributed by atoms with E-state index in [-0.39, 0.29) is 31.3 Å². The highest BCUT2D eigenvalue weighted by Crippen LogP contribution is 2.21. The molecule has 0 aliphatic carbocycles. The summed E-state index contributed by atoms with van der Waals surface area (Å²) < 4.78 is 19.4. The van der Waals surface area contributed by atoms with E-state index in [1.807, 2.05) is 4.90 Å². The van der Waals surface area contributed by atoms with Gasteiger partial charge in [-0.15, -0.1) is 0 Å². The number of hydrogen-bond acceptors (Lipinski definition) is 4. The Labute approximate surface area is 140 Å². The fourth-order valence-electron chi connectivity index (χ4n) is 2.57. The molecule has 1 aromatic rings. The highest BCUT2D eigenvalue weighted by atomic mass is 35.5. The molecule has 5 nitrogen and oxygen atoms in total. The minimum absolute atomic E-state index is 0.0282. The molecule has 1 saturated heterocycles. The van der Waals surface area contributed by atoms with E-state index in [0.29, 0.717) is 30.3 Å². The van der Waals surface area contributed by atoms with Crippen molar-refractivity contribution >= 4 is 17.5 Å². The average molecular weight is 345 g/mol. The van der Waals surface area contributed by atoms with Gasteiger partial charge in [0.2, 0.25) is 5.91 Å². The van der Waals surface area contributed by atoms with Gasteiger partial charge in [0, 0.05) is 44.3 Å². The van der Waals surface area contributed by atoms with Gasteiger partial charge in [0.05, 0.1) is 19.6 Å². The van der Waals surface area contributed by atoms with Crippen molar-refractivity contribution in [2.24, 2.45) is 0 Å². The van der Waals surface area contributed by atoms with Crippen LogP contribution in [0.25, 0.3) is 0 Å². The molecule has 1 aromatic carbocycles. The first-order valence-corrected chi connectivity index (χ1v) is 7.83. The van der Waals surface area contributed by atoms with Gasteiger partial charge < -0.3 is 14.7 Å². The number of benzene rings is 1. The topological polar surface area (TPSA) is 53.0 Å². The number of nitrogens with zero attached hydrogens (tertiary/aromatic N) is 2. The van der Waals surface area contributed by atoms with Crippen LogP contribution in [0.3, 0.4) is 0 Å². The van der Waals surface area contributed by atoms with Gasteiger partial charge in [-0.3, -0.25) is 9.69 Å². The molecule has 0 unspecified atom stereocenters. The van der Waals surface area contributed by atoms with Crippen LogP contribution in [0, 0.1) is 5.82 Å². The van der Waals surface area contributed by atoms with Crippen LogP contribution in [-0.2, 0) is 16.1 Å². The minimum Gasteiger partial charge on any atom is -0.386 e. The van der Waals surface area contributed by atoms with Crippen molar-refractivity contribution in [2.45, 2.75) is 18.6 Å². The van der Waals surface area contributed by atoms with E-state index < -0.39 is 5.60 Å². The molecule has 23 heavy (non-hydrogen) atoms. The van der Waals surface area contributed by atoms with Crippen molar-refractivity contribution in [3.63, 3.8) is 0 Å². The Hall–Kier alpha value is -1.21. The van der Waals surface area contributed by atoms with Crippen LogP contribution in [0.5, 0.6) is 0 Å². The highest BCUT2D eigenvalue weighted by molar-refractivity contribution is 6.30. The van der Waals surface area contributed by atoms with Gasteiger partial charge in [-0.05, 0) is 12.1 Å². The molecule has 1 heterocycles. The van der Waals surface area contributed by atoms with Crippen molar-refractivity contribution in [3.05, 3.63) is 34.6 Å². The lowest BCUT2D eigenvalue weighted by atomic mass is 9.99. The van der Waals surface area contributed by atoms with Gasteiger partial charge in [0.15, 0.2) is 0 Å². The summed E-state index contributed by atoms with van der Waals surface area (Å²) in [7, 11) is 3.29. The summed E-state index contributed by atoms with van der Waals surface area (Å²) in [6.45, 7) is 1.64. The molecular weight excluding hydrogens is 323 g/mol. The normalized spacial score (nSPS) is 22.7. The van der Waals surface area contributed by atoms with E-state index in [1.165, 1.54) is 11.0 Å². The SMILES string of the molecule is CN(C)C(=O)C[C@@]1(O)COCCN(Cc2ccc(Cl)cc2F)C1. The standard InChI is InChI=1S/C16H22ClFN2O3/c1-19(2)15(21)8-16(22)10-20(5-6-23-11-16)9-12-3-4-13(17)7-14(12)18/h3-4,7,22H,5-6,8-11H2,1-2H3/t16-/m0/s1. The lowest BCUT2D eigenvalue weighted by Gasteiger charge is -2.31. The van der Waals surface area contributed by atoms with Gasteiger partial charge in [0.25, 0.3) is 0 Å². The quantitative estimate of drug-likeness (QED) is 0.900. The third kappa shape index (κ3) is 5.14. The van der Waals surface area contributed by atoms with Crippen LogP contribution in [-0.4, -0.2) is 66.8 Å². The van der Waals surface area contributed by atoms with Gasteiger partial charge in [0.1, 0.15) is 11.4 Å². The summed E-state index contributed by atoms with van der Waals surface area (Å²) in [6, 6.07) is 4.54. The van der Waals surface area contributed by atoms with Gasteiger partial charge in [-0.1, -0.05) is 17.7 Å². The van der Waals surface area contributed by atoms with E-state index in [9.17, 15) is 14.3 Å². The van der Waals surface area contributed by atoms with Crippen LogP contribution < -0.4 is 0 Å². The third-order valence-electron chi connectivity index (χ3n) is 3.83. The second-order valence-electron chi connectivity index (χ2n) is 6.19. The maximum absolute atomic E-state index is 13.9. The molecule has 1 amide bonds. The van der Waals surface area contributed by atoms with E-state index in [1.54, 1.807) is 26.2 Å². The van der Waals surface area contributed by atoms with Gasteiger partial charge in [-0.2, -0.15) is 0 Å². The van der Waals surface area contributed by atoms with E-state index in [4.69, 9.17) is 16.3 Å². The largest absolute Gasteiger partial charge is 0.386 e. The van der Waals surface area contributed by atoms with E-state index >= 15 is 0 Å². The Morgan fingerprint density at radius 2 is 2.26 bits per heavy atom. The highest BCUT2D eigenvalue weighted by Gasteiger charge is 2.35. The number of amides is 1. The van der Waals surface area contributed by atoms with E-state index in [2.05, 4.69) is 0 Å². The number of carbonyl (C=O) groups excluding carboxylic acids is 1. The summed E-state index contributed by atoms with van der Waals surface area (Å²) >= 11 is 5.76. The molecule has 1 N–H and O–H groups in total. The lowest BCUT2D eigenvalue weighted by molar-refractivity contribution is -0.136. The molecule has 0 bridgehead atoms. The molecule has 1 aliphatic heterocycles. The molecule has 1 aliphatic rings. The number of aliphatic hydroxyl groups is 1. The lowest BCUT2D eigenvalue weighted by Crippen LogP contribution is -2.47. The molecule has 1 atom stereocenters. The number of halogens is 2. The summed E-state index contributed by atoms with van der Waals surface area (Å²) in [5, 5.41) is 11.0. The molecule has 0 spiro atoms. The maximum atomic E-state index is 13.9. The summed E-state index contributed by atoms with van der Waals surface area (Å²) in [5.74, 6) is -0.550. The molecule has 1 fully saturated rings. The molecule has 128 valence electrons. The molecule has 0 aromatic heterocycles. The monoisotopic (exact) mass is 344 g/mol. The third-order valence-corrected chi connectivity index (χ3v) is 4.06. The van der Waals surface area contributed by atoms with Crippen LogP contribution in [0.2, 0.25) is 5.02 Å². The smallest absolute Gasteiger partial charge is 0.225 e. The van der Waals surface area contributed by atoms with Crippen molar-refractivity contribution in [3.8, 4) is 0 Å². The minimum atomic E-state index is -1.28. The Morgan fingerprint density at radius 1 is 1.52 bits per heavy atom. The molecule has 0 radical (unpaired) electrons. The Balaban J connectivity index is 2.08. The van der Waals surface area contributed by atoms with Crippen molar-refractivity contribution in [2.75, 3.05) is 40.4 Å². The Bertz CT molecular complexity index is 570. The number of β-amino-alcohol motifs (C(OH)–C–C–N with tert-alkyl or cyclic N) is 1. The predicted molar refractivity (Wildman–Crippen MR) is 85.8 cm³/mol. The molecule has 2 rings (SSSR count). The predicted octanol–water partition coefficient (Wildman–Crippen LogP) is 1.52. The zero-order valence-electron chi connectivity index (χ0n) is 13.4. The first-order valence-electron chi connectivity index (χ1n) is 7.46. The van der Waals surface area contributed by atoms with Crippen LogP contribution >= 0.6 is 11.6 Å². The van der Waals surface area contributed by atoms with Crippen molar-refractivity contribution in [1.29, 1.82) is 0 Å². The molecular formula is C16H22ClFN2O3. The maximum Gasteiger partial charge on any atom is 0.225 e. The number of carbonyl (C=O) groups is 1. The van der Waals surface area contributed by atoms with Gasteiger partial charge >= 0.3 is 0 Å². The first kappa shape index (κ1) is 18.1. The summed E-state index contributed by atoms with van der Waals surface area (Å²) in [6.07, 6.45) is -0.0282. The molecule has 0 saturated carbocycles.